The predicted molar refractivity (Wildman–Crippen MR) is 52.0 cm³/mol. The number of hydrogen-bond acceptors (Lipinski definition) is 2. The van der Waals surface area contributed by atoms with E-state index in [1.54, 1.807) is 0 Å². The van der Waals surface area contributed by atoms with Gasteiger partial charge in [-0.2, -0.15) is 0 Å². The summed E-state index contributed by atoms with van der Waals surface area (Å²) < 4.78 is 0. The van der Waals surface area contributed by atoms with Gasteiger partial charge >= 0.3 is 0 Å². The highest BCUT2D eigenvalue weighted by Gasteiger charge is 1.97. The van der Waals surface area contributed by atoms with Crippen molar-refractivity contribution in [1.82, 2.24) is 0 Å². The van der Waals surface area contributed by atoms with E-state index in [0.717, 1.165) is 22.5 Å². The first-order valence-corrected chi connectivity index (χ1v) is 3.23. The Labute approximate surface area is 73.0 Å². The van der Waals surface area contributed by atoms with E-state index in [0.29, 0.717) is 0 Å². The Kier molecular flexibility index (Phi) is 3.20. The molecule has 0 bridgehead atoms. The number of anilines is 2. The second-order valence-corrected chi connectivity index (χ2v) is 2.57. The van der Waals surface area contributed by atoms with Crippen LogP contribution in [0, 0.1) is 13.8 Å². The highest BCUT2D eigenvalue weighted by molar-refractivity contribution is 5.85. The maximum atomic E-state index is 5.70. The van der Waals surface area contributed by atoms with Crippen molar-refractivity contribution in [3.63, 3.8) is 0 Å². The van der Waals surface area contributed by atoms with Crippen molar-refractivity contribution < 1.29 is 0 Å². The first-order chi connectivity index (χ1) is 4.61. The minimum absolute atomic E-state index is 0. The molecule has 0 fully saturated rings. The number of nitrogens with two attached hydrogens (primary N) is 2. The van der Waals surface area contributed by atoms with Gasteiger partial charge in [0.15, 0.2) is 0 Å². The van der Waals surface area contributed by atoms with Gasteiger partial charge in [-0.1, -0.05) is 0 Å². The molecule has 0 spiro atoms. The molecule has 0 atom stereocenters. The molecule has 0 saturated carbocycles. The Bertz CT molecular complexity index is 235. The number of halogens is 1. The van der Waals surface area contributed by atoms with E-state index in [4.69, 9.17) is 11.5 Å². The highest BCUT2D eigenvalue weighted by Crippen LogP contribution is 2.19. The molecule has 3 heteroatoms. The molecule has 0 radical (unpaired) electrons. The maximum absolute atomic E-state index is 5.70. The van der Waals surface area contributed by atoms with E-state index in [9.17, 15) is 0 Å². The molecule has 0 unspecified atom stereocenters. The van der Waals surface area contributed by atoms with Gasteiger partial charge in [0, 0.05) is 11.4 Å². The van der Waals surface area contributed by atoms with E-state index in [1.807, 2.05) is 26.0 Å². The number of benzene rings is 1. The normalized spacial score (nSPS) is 8.91. The molecule has 4 N–H and O–H groups in total. The molecule has 0 aliphatic rings. The van der Waals surface area contributed by atoms with E-state index in [-0.39, 0.29) is 12.4 Å². The van der Waals surface area contributed by atoms with Crippen LogP contribution in [0.5, 0.6) is 0 Å². The van der Waals surface area contributed by atoms with Crippen LogP contribution in [0.15, 0.2) is 12.1 Å². The first kappa shape index (κ1) is 10.1. The zero-order valence-electron chi connectivity index (χ0n) is 6.72. The first-order valence-electron chi connectivity index (χ1n) is 3.23. The van der Waals surface area contributed by atoms with Crippen LogP contribution in [0.2, 0.25) is 0 Å². The Hall–Kier alpha value is -0.890. The minimum Gasteiger partial charge on any atom is -0.399 e. The standard InChI is InChI=1S/C8H12N2.ClH/c1-5-3-7(9)4-6(2)8(5)10;/h3-4H,9-10H2,1-2H3;1H. The third-order valence-electron chi connectivity index (χ3n) is 1.62. The van der Waals surface area contributed by atoms with Gasteiger partial charge in [-0.15, -0.1) is 12.4 Å². The van der Waals surface area contributed by atoms with Gasteiger partial charge < -0.3 is 11.5 Å². The molecule has 1 aromatic rings. The molecule has 0 amide bonds. The van der Waals surface area contributed by atoms with Crippen molar-refractivity contribution in [1.29, 1.82) is 0 Å². The van der Waals surface area contributed by atoms with E-state index >= 15 is 0 Å². The summed E-state index contributed by atoms with van der Waals surface area (Å²) in [5.41, 5.74) is 15.0. The lowest BCUT2D eigenvalue weighted by atomic mass is 10.1. The zero-order valence-corrected chi connectivity index (χ0v) is 7.53. The van der Waals surface area contributed by atoms with Crippen LogP contribution in [0.4, 0.5) is 11.4 Å². The molecule has 1 aromatic carbocycles. The topological polar surface area (TPSA) is 52.0 Å². The van der Waals surface area contributed by atoms with Gasteiger partial charge in [0.1, 0.15) is 0 Å². The third-order valence-corrected chi connectivity index (χ3v) is 1.62. The fraction of sp³-hybridized carbons (Fsp3) is 0.250. The van der Waals surface area contributed by atoms with Crippen LogP contribution in [0.1, 0.15) is 11.1 Å². The molecule has 62 valence electrons. The summed E-state index contributed by atoms with van der Waals surface area (Å²) in [5, 5.41) is 0. The SMILES string of the molecule is Cc1cc(N)cc(C)c1N.Cl. The fourth-order valence-electron chi connectivity index (χ4n) is 1.01. The highest BCUT2D eigenvalue weighted by atomic mass is 35.5. The van der Waals surface area contributed by atoms with Gasteiger partial charge in [-0.05, 0) is 37.1 Å². The predicted octanol–water partition coefficient (Wildman–Crippen LogP) is 1.89. The van der Waals surface area contributed by atoms with Crippen molar-refractivity contribution in [3.8, 4) is 0 Å². The average Bonchev–Trinajstić information content (AvgIpc) is 1.82. The lowest BCUT2D eigenvalue weighted by molar-refractivity contribution is 1.39. The van der Waals surface area contributed by atoms with Crippen molar-refractivity contribution in [2.24, 2.45) is 0 Å². The third kappa shape index (κ3) is 2.02. The van der Waals surface area contributed by atoms with Gasteiger partial charge in [0.05, 0.1) is 0 Å². The number of nitrogen functional groups attached to an aromatic ring is 2. The number of rotatable bonds is 0. The monoisotopic (exact) mass is 172 g/mol. The van der Waals surface area contributed by atoms with Crippen molar-refractivity contribution >= 4 is 23.8 Å². The van der Waals surface area contributed by atoms with Crippen LogP contribution in [0.25, 0.3) is 0 Å². The molecular weight excluding hydrogens is 160 g/mol. The van der Waals surface area contributed by atoms with Crippen molar-refractivity contribution in [2.75, 3.05) is 11.5 Å². The maximum Gasteiger partial charge on any atom is 0.0374 e. The van der Waals surface area contributed by atoms with Gasteiger partial charge in [-0.3, -0.25) is 0 Å². The smallest absolute Gasteiger partial charge is 0.0374 e. The minimum atomic E-state index is 0. The van der Waals surface area contributed by atoms with Crippen LogP contribution >= 0.6 is 12.4 Å². The van der Waals surface area contributed by atoms with E-state index < -0.39 is 0 Å². The lowest BCUT2D eigenvalue weighted by Crippen LogP contribution is -1.95. The average molecular weight is 173 g/mol. The van der Waals surface area contributed by atoms with Gasteiger partial charge in [0.25, 0.3) is 0 Å². The summed E-state index contributed by atoms with van der Waals surface area (Å²) in [6.07, 6.45) is 0. The molecule has 1 rings (SSSR count). The second kappa shape index (κ2) is 3.49. The summed E-state index contributed by atoms with van der Waals surface area (Å²) in [5.74, 6) is 0. The second-order valence-electron chi connectivity index (χ2n) is 2.57. The van der Waals surface area contributed by atoms with Crippen molar-refractivity contribution in [3.05, 3.63) is 23.3 Å². The van der Waals surface area contributed by atoms with Gasteiger partial charge in [-0.25, -0.2) is 0 Å². The summed E-state index contributed by atoms with van der Waals surface area (Å²) in [7, 11) is 0. The van der Waals surface area contributed by atoms with Crippen LogP contribution in [0.3, 0.4) is 0 Å². The van der Waals surface area contributed by atoms with Crippen LogP contribution in [-0.2, 0) is 0 Å². The van der Waals surface area contributed by atoms with E-state index in [1.165, 1.54) is 0 Å². The molecular formula is C8H13ClN2. The van der Waals surface area contributed by atoms with Crippen molar-refractivity contribution in [2.45, 2.75) is 13.8 Å². The summed E-state index contributed by atoms with van der Waals surface area (Å²) >= 11 is 0. The summed E-state index contributed by atoms with van der Waals surface area (Å²) in [6.45, 7) is 3.91. The molecule has 0 saturated heterocycles. The zero-order chi connectivity index (χ0) is 7.72. The van der Waals surface area contributed by atoms with Gasteiger partial charge in [0.2, 0.25) is 0 Å². The molecule has 2 nitrogen and oxygen atoms in total. The Morgan fingerprint density at radius 1 is 1.00 bits per heavy atom. The van der Waals surface area contributed by atoms with Crippen LogP contribution in [-0.4, -0.2) is 0 Å². The molecule has 11 heavy (non-hydrogen) atoms. The Morgan fingerprint density at radius 3 is 1.73 bits per heavy atom. The molecule has 0 heterocycles. The van der Waals surface area contributed by atoms with E-state index in [2.05, 4.69) is 0 Å². The number of aryl methyl sites for hydroxylation is 2. The molecule has 0 aliphatic heterocycles. The summed E-state index contributed by atoms with van der Waals surface area (Å²) in [6, 6.07) is 3.75. The summed E-state index contributed by atoms with van der Waals surface area (Å²) in [4.78, 5) is 0. The lowest BCUT2D eigenvalue weighted by Gasteiger charge is -2.04. The molecule has 0 aromatic heterocycles. The molecule has 0 aliphatic carbocycles. The Balaban J connectivity index is 0.000001000. The van der Waals surface area contributed by atoms with Crippen LogP contribution < -0.4 is 11.5 Å². The number of hydrogen-bond donors (Lipinski definition) is 2. The fourth-order valence-corrected chi connectivity index (χ4v) is 1.01. The Morgan fingerprint density at radius 2 is 1.36 bits per heavy atom. The quantitative estimate of drug-likeness (QED) is 0.588. The largest absolute Gasteiger partial charge is 0.399 e.